The number of nitrogens with zero attached hydrogens (tertiary/aromatic N) is 1. The van der Waals surface area contributed by atoms with Gasteiger partial charge in [0, 0.05) is 18.8 Å². The zero-order valence-corrected chi connectivity index (χ0v) is 16.4. The van der Waals surface area contributed by atoms with E-state index in [9.17, 15) is 14.4 Å². The molecule has 1 aliphatic rings. The van der Waals surface area contributed by atoms with Crippen LogP contribution >= 0.6 is 0 Å². The van der Waals surface area contributed by atoms with Gasteiger partial charge in [-0.25, -0.2) is 4.79 Å². The summed E-state index contributed by atoms with van der Waals surface area (Å²) >= 11 is 0. The van der Waals surface area contributed by atoms with E-state index in [0.717, 1.165) is 17.5 Å². The number of amides is 3. The third-order valence-electron chi connectivity index (χ3n) is 4.93. The third-order valence-corrected chi connectivity index (χ3v) is 4.93. The molecule has 152 valence electrons. The van der Waals surface area contributed by atoms with E-state index in [0.29, 0.717) is 31.6 Å². The maximum absolute atomic E-state index is 12.7. The average Bonchev–Trinajstić information content (AvgIpc) is 3.24. The fourth-order valence-electron chi connectivity index (χ4n) is 3.39. The summed E-state index contributed by atoms with van der Waals surface area (Å²) in [5.41, 5.74) is 2.46. The standard InChI is InChI=1S/C22H25N3O4/c1-29-22(28)24-18-11-9-17(10-12-18)15-23-21(27)19-8-5-13-25(19)20(26)14-16-6-3-2-4-7-16/h2-4,6-7,9-12,19H,5,8,13-15H2,1H3,(H,23,27)(H,24,28). The molecule has 0 saturated carbocycles. The van der Waals surface area contributed by atoms with Crippen LogP contribution in [-0.2, 0) is 27.3 Å². The summed E-state index contributed by atoms with van der Waals surface area (Å²) in [6, 6.07) is 16.3. The normalized spacial score (nSPS) is 15.6. The molecule has 0 spiro atoms. The largest absolute Gasteiger partial charge is 0.453 e. The van der Waals surface area contributed by atoms with Gasteiger partial charge in [-0.3, -0.25) is 14.9 Å². The first-order chi connectivity index (χ1) is 14.1. The molecule has 0 radical (unpaired) electrons. The monoisotopic (exact) mass is 395 g/mol. The van der Waals surface area contributed by atoms with E-state index < -0.39 is 12.1 Å². The molecule has 7 heteroatoms. The Bertz CT molecular complexity index is 852. The molecule has 2 aromatic carbocycles. The SMILES string of the molecule is COC(=O)Nc1ccc(CNC(=O)C2CCCN2C(=O)Cc2ccccc2)cc1. The second-order valence-corrected chi connectivity index (χ2v) is 6.94. The Balaban J connectivity index is 1.53. The molecule has 29 heavy (non-hydrogen) atoms. The van der Waals surface area contributed by atoms with E-state index in [2.05, 4.69) is 15.4 Å². The molecule has 1 fully saturated rings. The summed E-state index contributed by atoms with van der Waals surface area (Å²) in [6.07, 6.45) is 1.27. The molecule has 3 amide bonds. The van der Waals surface area contributed by atoms with Crippen molar-refractivity contribution in [2.24, 2.45) is 0 Å². The van der Waals surface area contributed by atoms with E-state index in [4.69, 9.17) is 0 Å². The number of methoxy groups -OCH3 is 1. The summed E-state index contributed by atoms with van der Waals surface area (Å²) in [4.78, 5) is 38.2. The Kier molecular flexibility index (Phi) is 6.84. The smallest absolute Gasteiger partial charge is 0.411 e. The highest BCUT2D eigenvalue weighted by atomic mass is 16.5. The molecule has 2 N–H and O–H groups in total. The second-order valence-electron chi connectivity index (χ2n) is 6.94. The van der Waals surface area contributed by atoms with Crippen molar-refractivity contribution in [2.75, 3.05) is 19.0 Å². The number of rotatable bonds is 6. The van der Waals surface area contributed by atoms with Crippen LogP contribution in [0, 0.1) is 0 Å². The van der Waals surface area contributed by atoms with Crippen molar-refractivity contribution < 1.29 is 19.1 Å². The highest BCUT2D eigenvalue weighted by molar-refractivity contribution is 5.89. The van der Waals surface area contributed by atoms with Gasteiger partial charge in [-0.1, -0.05) is 42.5 Å². The average molecular weight is 395 g/mol. The molecule has 0 aliphatic carbocycles. The van der Waals surface area contributed by atoms with Crippen LogP contribution < -0.4 is 10.6 Å². The number of carbonyl (C=O) groups excluding carboxylic acids is 3. The molecular weight excluding hydrogens is 370 g/mol. The topological polar surface area (TPSA) is 87.7 Å². The number of hydrogen-bond donors (Lipinski definition) is 2. The zero-order chi connectivity index (χ0) is 20.6. The molecule has 2 aromatic rings. The summed E-state index contributed by atoms with van der Waals surface area (Å²) in [6.45, 7) is 0.964. The predicted molar refractivity (Wildman–Crippen MR) is 109 cm³/mol. The lowest BCUT2D eigenvalue weighted by Crippen LogP contribution is -2.46. The van der Waals surface area contributed by atoms with E-state index in [1.54, 1.807) is 17.0 Å². The van der Waals surface area contributed by atoms with E-state index >= 15 is 0 Å². The molecule has 7 nitrogen and oxygen atoms in total. The lowest BCUT2D eigenvalue weighted by Gasteiger charge is -2.24. The summed E-state index contributed by atoms with van der Waals surface area (Å²) in [7, 11) is 1.30. The first kappa shape index (κ1) is 20.4. The molecule has 0 bridgehead atoms. The summed E-state index contributed by atoms with van der Waals surface area (Å²) in [5.74, 6) is -0.159. The highest BCUT2D eigenvalue weighted by Crippen LogP contribution is 2.19. The first-order valence-electron chi connectivity index (χ1n) is 9.62. The number of benzene rings is 2. The second kappa shape index (κ2) is 9.73. The minimum atomic E-state index is -0.535. The highest BCUT2D eigenvalue weighted by Gasteiger charge is 2.33. The molecule has 1 saturated heterocycles. The third kappa shape index (κ3) is 5.57. The van der Waals surface area contributed by atoms with Gasteiger partial charge >= 0.3 is 6.09 Å². The summed E-state index contributed by atoms with van der Waals surface area (Å²) < 4.78 is 4.55. The lowest BCUT2D eigenvalue weighted by atomic mass is 10.1. The van der Waals surface area contributed by atoms with Crippen LogP contribution in [0.4, 0.5) is 10.5 Å². The van der Waals surface area contributed by atoms with E-state index in [1.165, 1.54) is 7.11 Å². The Morgan fingerprint density at radius 3 is 2.45 bits per heavy atom. The van der Waals surface area contributed by atoms with Gasteiger partial charge < -0.3 is 15.0 Å². The zero-order valence-electron chi connectivity index (χ0n) is 16.4. The van der Waals surface area contributed by atoms with Crippen molar-refractivity contribution in [2.45, 2.75) is 31.8 Å². The lowest BCUT2D eigenvalue weighted by molar-refractivity contribution is -0.138. The maximum Gasteiger partial charge on any atom is 0.411 e. The number of likely N-dealkylation sites (tertiary alicyclic amines) is 1. The van der Waals surface area contributed by atoms with Crippen LogP contribution in [-0.4, -0.2) is 42.5 Å². The van der Waals surface area contributed by atoms with Gasteiger partial charge in [0.05, 0.1) is 13.5 Å². The minimum absolute atomic E-state index is 0.0212. The number of ether oxygens (including phenoxy) is 1. The first-order valence-corrected chi connectivity index (χ1v) is 9.62. The molecule has 1 atom stereocenters. The Hall–Kier alpha value is -3.35. The van der Waals surface area contributed by atoms with Crippen LogP contribution in [0.5, 0.6) is 0 Å². The Morgan fingerprint density at radius 1 is 1.03 bits per heavy atom. The number of carbonyl (C=O) groups is 3. The summed E-state index contributed by atoms with van der Waals surface area (Å²) in [5, 5.41) is 5.49. The fourth-order valence-corrected chi connectivity index (χ4v) is 3.39. The molecule has 0 aromatic heterocycles. The van der Waals surface area contributed by atoms with Gasteiger partial charge in [0.15, 0.2) is 0 Å². The van der Waals surface area contributed by atoms with Crippen molar-refractivity contribution in [3.8, 4) is 0 Å². The van der Waals surface area contributed by atoms with Crippen LogP contribution in [0.2, 0.25) is 0 Å². The van der Waals surface area contributed by atoms with Crippen molar-refractivity contribution in [3.63, 3.8) is 0 Å². The van der Waals surface area contributed by atoms with Crippen LogP contribution in [0.15, 0.2) is 54.6 Å². The Morgan fingerprint density at radius 2 is 1.76 bits per heavy atom. The van der Waals surface area contributed by atoms with Crippen molar-refractivity contribution in [3.05, 3.63) is 65.7 Å². The van der Waals surface area contributed by atoms with Crippen molar-refractivity contribution in [1.82, 2.24) is 10.2 Å². The molecule has 1 heterocycles. The van der Waals surface area contributed by atoms with E-state index in [-0.39, 0.29) is 11.8 Å². The molecule has 3 rings (SSSR count). The molecule has 1 unspecified atom stereocenters. The van der Waals surface area contributed by atoms with Crippen molar-refractivity contribution in [1.29, 1.82) is 0 Å². The van der Waals surface area contributed by atoms with Gasteiger partial charge in [0.2, 0.25) is 11.8 Å². The number of hydrogen-bond acceptors (Lipinski definition) is 4. The minimum Gasteiger partial charge on any atom is -0.453 e. The van der Waals surface area contributed by atoms with Gasteiger partial charge in [0.1, 0.15) is 6.04 Å². The number of anilines is 1. The predicted octanol–water partition coefficient (Wildman–Crippen LogP) is 2.71. The van der Waals surface area contributed by atoms with Gasteiger partial charge in [-0.05, 0) is 36.1 Å². The van der Waals surface area contributed by atoms with Crippen LogP contribution in [0.25, 0.3) is 0 Å². The van der Waals surface area contributed by atoms with Crippen molar-refractivity contribution >= 4 is 23.6 Å². The molecular formula is C22H25N3O4. The fraction of sp³-hybridized carbons (Fsp3) is 0.318. The molecule has 1 aliphatic heterocycles. The van der Waals surface area contributed by atoms with Gasteiger partial charge in [0.25, 0.3) is 0 Å². The van der Waals surface area contributed by atoms with Gasteiger partial charge in [-0.15, -0.1) is 0 Å². The maximum atomic E-state index is 12.7. The number of nitrogens with one attached hydrogen (secondary N) is 2. The van der Waals surface area contributed by atoms with Gasteiger partial charge in [-0.2, -0.15) is 0 Å². The quantitative estimate of drug-likeness (QED) is 0.787. The van der Waals surface area contributed by atoms with E-state index in [1.807, 2.05) is 42.5 Å². The van der Waals surface area contributed by atoms with Crippen LogP contribution in [0.1, 0.15) is 24.0 Å². The van der Waals surface area contributed by atoms with Crippen LogP contribution in [0.3, 0.4) is 0 Å². The Labute approximate surface area is 170 Å².